The smallest absolute Gasteiger partial charge is 0.337 e. The molecule has 2 fully saturated rings. The van der Waals surface area contributed by atoms with Gasteiger partial charge in [-0.1, -0.05) is 12.1 Å². The number of rotatable bonds is 4. The van der Waals surface area contributed by atoms with Crippen molar-refractivity contribution in [3.63, 3.8) is 0 Å². The first-order valence-corrected chi connectivity index (χ1v) is 11.9. The van der Waals surface area contributed by atoms with E-state index in [4.69, 9.17) is 14.6 Å². The largest absolute Gasteiger partial charge is 0.493 e. The van der Waals surface area contributed by atoms with Gasteiger partial charge in [-0.3, -0.25) is 4.90 Å². The first-order chi connectivity index (χ1) is 16.4. The zero-order valence-electron chi connectivity index (χ0n) is 20.5. The SMILES string of the molecule is CNC(=O)N1N=C(c2ccc(N3C[C@H]4C[C@H]3CN4C)cc2)c2cc(OC)c(OC)cc2CC1C. The van der Waals surface area contributed by atoms with Crippen LogP contribution in [-0.2, 0) is 6.42 Å². The summed E-state index contributed by atoms with van der Waals surface area (Å²) in [6, 6.07) is 13.4. The number of piperazine rings is 1. The summed E-state index contributed by atoms with van der Waals surface area (Å²) in [6.07, 6.45) is 1.89. The van der Waals surface area contributed by atoms with E-state index < -0.39 is 0 Å². The molecule has 0 saturated carbocycles. The number of ether oxygens (including phenoxy) is 2. The Morgan fingerprint density at radius 2 is 1.76 bits per heavy atom. The minimum atomic E-state index is -0.231. The summed E-state index contributed by atoms with van der Waals surface area (Å²) in [7, 11) is 7.12. The van der Waals surface area contributed by atoms with Crippen LogP contribution >= 0.6 is 0 Å². The monoisotopic (exact) mass is 463 g/mol. The van der Waals surface area contributed by atoms with Crippen LogP contribution in [0.25, 0.3) is 0 Å². The van der Waals surface area contributed by atoms with Crippen LogP contribution in [0, 0.1) is 0 Å². The van der Waals surface area contributed by atoms with E-state index in [0.717, 1.165) is 35.5 Å². The predicted molar refractivity (Wildman–Crippen MR) is 133 cm³/mol. The standard InChI is InChI=1S/C26H33N5O3/c1-16-10-18-11-23(33-4)24(34-5)13-22(18)25(28-31(16)26(32)27-2)17-6-8-19(9-7-17)30-15-20-12-21(30)14-29(20)3/h6-9,11,13,16,20-21H,10,12,14-15H2,1-5H3,(H,27,32)/t16?,20-,21+/m1/s1. The van der Waals surface area contributed by atoms with Crippen molar-refractivity contribution in [1.29, 1.82) is 0 Å². The summed E-state index contributed by atoms with van der Waals surface area (Å²) in [5.74, 6) is 1.31. The zero-order valence-corrected chi connectivity index (χ0v) is 20.5. The number of carbonyl (C=O) groups is 1. The Balaban J connectivity index is 1.56. The topological polar surface area (TPSA) is 69.6 Å². The van der Waals surface area contributed by atoms with Gasteiger partial charge in [-0.2, -0.15) is 5.10 Å². The molecule has 180 valence electrons. The molecule has 2 bridgehead atoms. The van der Waals surface area contributed by atoms with E-state index in [1.165, 1.54) is 17.1 Å². The molecule has 8 nitrogen and oxygen atoms in total. The Morgan fingerprint density at radius 3 is 2.35 bits per heavy atom. The molecule has 3 aliphatic heterocycles. The van der Waals surface area contributed by atoms with Crippen LogP contribution in [0.15, 0.2) is 41.5 Å². The molecule has 3 heterocycles. The number of benzene rings is 2. The number of likely N-dealkylation sites (N-methyl/N-ethyl adjacent to an activating group) is 1. The molecule has 0 aliphatic carbocycles. The quantitative estimate of drug-likeness (QED) is 0.755. The Kier molecular flexibility index (Phi) is 5.85. The molecule has 3 aliphatic rings. The highest BCUT2D eigenvalue weighted by atomic mass is 16.5. The molecule has 34 heavy (non-hydrogen) atoms. The van der Waals surface area contributed by atoms with Gasteiger partial charge in [0.2, 0.25) is 0 Å². The zero-order chi connectivity index (χ0) is 24.0. The summed E-state index contributed by atoms with van der Waals surface area (Å²) in [5, 5.41) is 9.13. The molecule has 0 spiro atoms. The maximum atomic E-state index is 12.7. The van der Waals surface area contributed by atoms with Crippen molar-refractivity contribution >= 4 is 17.4 Å². The number of nitrogens with one attached hydrogen (secondary N) is 1. The predicted octanol–water partition coefficient (Wildman–Crippen LogP) is 2.93. The third-order valence-corrected chi connectivity index (χ3v) is 7.41. The second-order valence-electron chi connectivity index (χ2n) is 9.45. The first kappa shape index (κ1) is 22.5. The van der Waals surface area contributed by atoms with Gasteiger partial charge in [0.25, 0.3) is 0 Å². The van der Waals surface area contributed by atoms with Crippen molar-refractivity contribution in [2.24, 2.45) is 5.10 Å². The highest BCUT2D eigenvalue weighted by Gasteiger charge is 2.41. The maximum absolute atomic E-state index is 12.7. The van der Waals surface area contributed by atoms with Gasteiger partial charge in [0, 0.05) is 49.0 Å². The summed E-state index contributed by atoms with van der Waals surface area (Å²) < 4.78 is 11.1. The van der Waals surface area contributed by atoms with E-state index in [1.54, 1.807) is 21.3 Å². The number of hydrogen-bond acceptors (Lipinski definition) is 6. The average molecular weight is 464 g/mol. The Labute approximate surface area is 201 Å². The molecule has 2 amide bonds. The van der Waals surface area contributed by atoms with Crippen molar-refractivity contribution in [2.45, 2.75) is 37.9 Å². The number of hydrazone groups is 1. The second kappa shape index (κ2) is 8.83. The normalized spacial score (nSPS) is 23.9. The average Bonchev–Trinajstić information content (AvgIpc) is 3.40. The molecular formula is C26H33N5O3. The van der Waals surface area contributed by atoms with E-state index in [9.17, 15) is 4.79 Å². The highest BCUT2D eigenvalue weighted by molar-refractivity contribution is 6.14. The fourth-order valence-electron chi connectivity index (χ4n) is 5.54. The number of urea groups is 1. The number of amides is 2. The lowest BCUT2D eigenvalue weighted by Gasteiger charge is -2.33. The molecule has 1 unspecified atom stereocenters. The third kappa shape index (κ3) is 3.76. The summed E-state index contributed by atoms with van der Waals surface area (Å²) >= 11 is 0. The fourth-order valence-corrected chi connectivity index (χ4v) is 5.54. The fraction of sp³-hybridized carbons (Fsp3) is 0.462. The minimum Gasteiger partial charge on any atom is -0.493 e. The van der Waals surface area contributed by atoms with Gasteiger partial charge in [0.15, 0.2) is 11.5 Å². The number of likely N-dealkylation sites (tertiary alicyclic amines) is 1. The van der Waals surface area contributed by atoms with E-state index in [2.05, 4.69) is 46.4 Å². The molecular weight excluding hydrogens is 430 g/mol. The van der Waals surface area contributed by atoms with Crippen molar-refractivity contribution in [2.75, 3.05) is 46.3 Å². The molecule has 2 saturated heterocycles. The van der Waals surface area contributed by atoms with Gasteiger partial charge in [0.05, 0.1) is 26.0 Å². The summed E-state index contributed by atoms with van der Waals surface area (Å²) in [5.41, 5.74) is 4.97. The lowest BCUT2D eigenvalue weighted by Crippen LogP contribution is -2.44. The van der Waals surface area contributed by atoms with Crippen molar-refractivity contribution < 1.29 is 14.3 Å². The van der Waals surface area contributed by atoms with Crippen LogP contribution < -0.4 is 19.7 Å². The minimum absolute atomic E-state index is 0.120. The van der Waals surface area contributed by atoms with Gasteiger partial charge >= 0.3 is 6.03 Å². The second-order valence-corrected chi connectivity index (χ2v) is 9.45. The number of fused-ring (bicyclic) bond motifs is 3. The van der Waals surface area contributed by atoms with Crippen LogP contribution in [0.5, 0.6) is 11.5 Å². The molecule has 2 aromatic carbocycles. The third-order valence-electron chi connectivity index (χ3n) is 7.41. The molecule has 0 radical (unpaired) electrons. The number of carbonyl (C=O) groups excluding carboxylic acids is 1. The van der Waals surface area contributed by atoms with E-state index in [1.807, 2.05) is 19.1 Å². The summed E-state index contributed by atoms with van der Waals surface area (Å²) in [4.78, 5) is 17.7. The number of methoxy groups -OCH3 is 2. The lowest BCUT2D eigenvalue weighted by atomic mass is 9.94. The molecule has 1 N–H and O–H groups in total. The molecule has 5 rings (SSSR count). The Hall–Kier alpha value is -3.26. The highest BCUT2D eigenvalue weighted by Crippen LogP contribution is 2.36. The molecule has 8 heteroatoms. The van der Waals surface area contributed by atoms with E-state index in [0.29, 0.717) is 30.0 Å². The lowest BCUT2D eigenvalue weighted by molar-refractivity contribution is 0.184. The molecule has 3 atom stereocenters. The van der Waals surface area contributed by atoms with Gasteiger partial charge in [-0.15, -0.1) is 0 Å². The van der Waals surface area contributed by atoms with Gasteiger partial charge in [-0.25, -0.2) is 9.80 Å². The number of hydrogen-bond donors (Lipinski definition) is 1. The number of nitrogens with zero attached hydrogens (tertiary/aromatic N) is 4. The summed E-state index contributed by atoms with van der Waals surface area (Å²) in [6.45, 7) is 4.20. The van der Waals surface area contributed by atoms with Crippen LogP contribution in [0.3, 0.4) is 0 Å². The van der Waals surface area contributed by atoms with Crippen molar-refractivity contribution in [3.8, 4) is 11.5 Å². The Bertz CT molecular complexity index is 1110. The van der Waals surface area contributed by atoms with Gasteiger partial charge in [-0.05, 0) is 56.6 Å². The van der Waals surface area contributed by atoms with Crippen molar-refractivity contribution in [1.82, 2.24) is 15.2 Å². The van der Waals surface area contributed by atoms with Crippen LogP contribution in [0.2, 0.25) is 0 Å². The van der Waals surface area contributed by atoms with E-state index in [-0.39, 0.29) is 12.1 Å². The maximum Gasteiger partial charge on any atom is 0.337 e. The van der Waals surface area contributed by atoms with Crippen LogP contribution in [-0.4, -0.2) is 81.2 Å². The van der Waals surface area contributed by atoms with Gasteiger partial charge < -0.3 is 19.7 Å². The Morgan fingerprint density at radius 1 is 1.06 bits per heavy atom. The first-order valence-electron chi connectivity index (χ1n) is 11.9. The van der Waals surface area contributed by atoms with Crippen molar-refractivity contribution in [3.05, 3.63) is 53.1 Å². The molecule has 0 aromatic heterocycles. The number of anilines is 1. The van der Waals surface area contributed by atoms with Crippen LogP contribution in [0.1, 0.15) is 30.0 Å². The van der Waals surface area contributed by atoms with E-state index >= 15 is 0 Å². The van der Waals surface area contributed by atoms with Gasteiger partial charge in [0.1, 0.15) is 0 Å². The van der Waals surface area contributed by atoms with Crippen LogP contribution in [0.4, 0.5) is 10.5 Å². The molecule has 2 aromatic rings.